The molecule has 7 nitrogen and oxygen atoms in total. The van der Waals surface area contributed by atoms with Gasteiger partial charge < -0.3 is 4.90 Å². The molecule has 29 heavy (non-hydrogen) atoms. The molecule has 1 aromatic carbocycles. The van der Waals surface area contributed by atoms with E-state index in [4.69, 9.17) is 0 Å². The van der Waals surface area contributed by atoms with Crippen LogP contribution >= 0.6 is 0 Å². The molecule has 2 heterocycles. The number of carbonyl (C=O) groups excluding carboxylic acids is 1. The van der Waals surface area contributed by atoms with E-state index in [0.717, 1.165) is 5.56 Å². The lowest BCUT2D eigenvalue weighted by molar-refractivity contribution is -0.131. The van der Waals surface area contributed by atoms with Gasteiger partial charge >= 0.3 is 0 Å². The van der Waals surface area contributed by atoms with Gasteiger partial charge in [0.2, 0.25) is 15.9 Å². The number of rotatable bonds is 5. The molecule has 158 valence electrons. The third-order valence-electron chi connectivity index (χ3n) is 5.21. The zero-order valence-corrected chi connectivity index (χ0v) is 18.0. The van der Waals surface area contributed by atoms with Gasteiger partial charge in [-0.3, -0.25) is 9.48 Å². The van der Waals surface area contributed by atoms with E-state index in [1.807, 2.05) is 13.8 Å². The van der Waals surface area contributed by atoms with Crippen LogP contribution in [-0.4, -0.2) is 59.5 Å². The van der Waals surface area contributed by atoms with E-state index in [-0.39, 0.29) is 42.2 Å². The van der Waals surface area contributed by atoms with Gasteiger partial charge in [-0.2, -0.15) is 9.40 Å². The summed E-state index contributed by atoms with van der Waals surface area (Å²) in [5, 5.41) is 4.39. The summed E-state index contributed by atoms with van der Waals surface area (Å²) in [7, 11) is -3.68. The van der Waals surface area contributed by atoms with Crippen LogP contribution in [0.25, 0.3) is 0 Å². The maximum atomic E-state index is 13.2. The Kier molecular flexibility index (Phi) is 6.09. The predicted octanol–water partition coefficient (Wildman–Crippen LogP) is 2.30. The smallest absolute Gasteiger partial charge is 0.246 e. The van der Waals surface area contributed by atoms with Crippen LogP contribution in [0.5, 0.6) is 0 Å². The minimum Gasteiger partial charge on any atom is -0.340 e. The highest BCUT2D eigenvalue weighted by molar-refractivity contribution is 7.89. The lowest BCUT2D eigenvalue weighted by Crippen LogP contribution is -2.51. The van der Waals surface area contributed by atoms with Gasteiger partial charge in [0.25, 0.3) is 0 Å². The first kappa shape index (κ1) is 21.4. The van der Waals surface area contributed by atoms with Gasteiger partial charge in [0.15, 0.2) is 0 Å². The number of carbonyl (C=O) groups is 1. The predicted molar refractivity (Wildman–Crippen MR) is 108 cm³/mol. The van der Waals surface area contributed by atoms with Crippen molar-refractivity contribution in [3.8, 4) is 0 Å². The van der Waals surface area contributed by atoms with E-state index < -0.39 is 10.0 Å². The molecule has 1 amide bonds. The van der Waals surface area contributed by atoms with E-state index in [1.165, 1.54) is 16.4 Å². The van der Waals surface area contributed by atoms with E-state index in [1.54, 1.807) is 35.6 Å². The molecule has 1 aliphatic heterocycles. The summed E-state index contributed by atoms with van der Waals surface area (Å²) in [5.41, 5.74) is 1.86. The summed E-state index contributed by atoms with van der Waals surface area (Å²) in [6, 6.07) is 5.90. The van der Waals surface area contributed by atoms with Crippen LogP contribution in [-0.2, 0) is 21.2 Å². The topological polar surface area (TPSA) is 75.5 Å². The van der Waals surface area contributed by atoms with Crippen molar-refractivity contribution in [2.75, 3.05) is 26.2 Å². The Balaban J connectivity index is 1.68. The summed E-state index contributed by atoms with van der Waals surface area (Å²) in [4.78, 5) is 14.4. The zero-order valence-electron chi connectivity index (χ0n) is 17.2. The number of hydrogen-bond acceptors (Lipinski definition) is 4. The first-order chi connectivity index (χ1) is 13.6. The van der Waals surface area contributed by atoms with Crippen LogP contribution in [0.15, 0.2) is 29.2 Å². The molecule has 0 spiro atoms. The molecule has 0 bridgehead atoms. The standard InChI is InChI=1S/C20H27FN4O3S/c1-14(2)25-16(4)20(15(3)22-25)29(27,28)24-11-9-23(10-12-24)19(26)13-17-5-7-18(21)8-6-17/h5-8,14H,9-13H2,1-4H3. The Morgan fingerprint density at radius 2 is 1.69 bits per heavy atom. The van der Waals surface area contributed by atoms with Gasteiger partial charge in [-0.25, -0.2) is 12.8 Å². The number of sulfonamides is 1. The van der Waals surface area contributed by atoms with Crippen LogP contribution < -0.4 is 0 Å². The molecule has 0 aliphatic carbocycles. The fourth-order valence-electron chi connectivity index (χ4n) is 3.72. The van der Waals surface area contributed by atoms with Crippen molar-refractivity contribution in [2.24, 2.45) is 0 Å². The Morgan fingerprint density at radius 3 is 2.21 bits per heavy atom. The molecule has 0 radical (unpaired) electrons. The maximum absolute atomic E-state index is 13.2. The summed E-state index contributed by atoms with van der Waals surface area (Å²) >= 11 is 0. The van der Waals surface area contributed by atoms with Crippen molar-refractivity contribution in [3.05, 3.63) is 47.0 Å². The third-order valence-corrected chi connectivity index (χ3v) is 7.36. The van der Waals surface area contributed by atoms with Crippen LogP contribution in [0.3, 0.4) is 0 Å². The van der Waals surface area contributed by atoms with Crippen LogP contribution in [0.1, 0.15) is 36.8 Å². The first-order valence-electron chi connectivity index (χ1n) is 9.69. The molecule has 1 fully saturated rings. The highest BCUT2D eigenvalue weighted by Crippen LogP contribution is 2.26. The highest BCUT2D eigenvalue weighted by atomic mass is 32.2. The van der Waals surface area contributed by atoms with Crippen molar-refractivity contribution >= 4 is 15.9 Å². The highest BCUT2D eigenvalue weighted by Gasteiger charge is 2.34. The number of benzene rings is 1. The fraction of sp³-hybridized carbons (Fsp3) is 0.500. The van der Waals surface area contributed by atoms with Crippen molar-refractivity contribution in [1.29, 1.82) is 0 Å². The lowest BCUT2D eigenvalue weighted by atomic mass is 10.1. The Hall–Kier alpha value is -2.26. The van der Waals surface area contributed by atoms with Crippen LogP contribution in [0, 0.1) is 19.7 Å². The van der Waals surface area contributed by atoms with Gasteiger partial charge in [-0.15, -0.1) is 0 Å². The van der Waals surface area contributed by atoms with Crippen molar-refractivity contribution in [2.45, 2.75) is 45.1 Å². The quantitative estimate of drug-likeness (QED) is 0.741. The molecule has 2 aromatic rings. The molecule has 1 aliphatic rings. The largest absolute Gasteiger partial charge is 0.340 e. The number of piperazine rings is 1. The molecule has 1 aromatic heterocycles. The molecular weight excluding hydrogens is 395 g/mol. The van der Waals surface area contributed by atoms with E-state index in [9.17, 15) is 17.6 Å². The fourth-order valence-corrected chi connectivity index (χ4v) is 5.50. The van der Waals surface area contributed by atoms with E-state index >= 15 is 0 Å². The summed E-state index contributed by atoms with van der Waals surface area (Å²) in [5.74, 6) is -0.431. The number of nitrogens with zero attached hydrogens (tertiary/aromatic N) is 4. The second-order valence-electron chi connectivity index (χ2n) is 7.63. The minimum atomic E-state index is -3.68. The number of aryl methyl sites for hydroxylation is 1. The molecule has 0 N–H and O–H groups in total. The SMILES string of the molecule is Cc1nn(C(C)C)c(C)c1S(=O)(=O)N1CCN(C(=O)Cc2ccc(F)cc2)CC1. The van der Waals surface area contributed by atoms with Crippen molar-refractivity contribution in [1.82, 2.24) is 19.0 Å². The number of amides is 1. The second kappa shape index (κ2) is 8.23. The first-order valence-corrected chi connectivity index (χ1v) is 11.1. The van der Waals surface area contributed by atoms with Gasteiger partial charge in [0.1, 0.15) is 10.7 Å². The average molecular weight is 423 g/mol. The van der Waals surface area contributed by atoms with Gasteiger partial charge in [0, 0.05) is 32.2 Å². The van der Waals surface area contributed by atoms with E-state index in [0.29, 0.717) is 24.5 Å². The van der Waals surface area contributed by atoms with E-state index in [2.05, 4.69) is 5.10 Å². The number of hydrogen-bond donors (Lipinski definition) is 0. The summed E-state index contributed by atoms with van der Waals surface area (Å²) in [6.45, 7) is 8.54. The summed E-state index contributed by atoms with van der Waals surface area (Å²) < 4.78 is 42.6. The molecular formula is C20H27FN4O3S. The zero-order chi connectivity index (χ0) is 21.3. The normalized spacial score (nSPS) is 15.9. The third kappa shape index (κ3) is 4.35. The Labute approximate surface area is 171 Å². The van der Waals surface area contributed by atoms with Gasteiger partial charge in [-0.05, 0) is 45.4 Å². The molecule has 0 saturated carbocycles. The van der Waals surface area contributed by atoms with Gasteiger partial charge in [0.05, 0.1) is 17.8 Å². The maximum Gasteiger partial charge on any atom is 0.246 e. The molecule has 1 saturated heterocycles. The van der Waals surface area contributed by atoms with Crippen molar-refractivity contribution < 1.29 is 17.6 Å². The summed E-state index contributed by atoms with van der Waals surface area (Å²) in [6.07, 6.45) is 0.173. The lowest BCUT2D eigenvalue weighted by Gasteiger charge is -2.34. The van der Waals surface area contributed by atoms with Crippen molar-refractivity contribution in [3.63, 3.8) is 0 Å². The molecule has 0 atom stereocenters. The average Bonchev–Trinajstić information content (AvgIpc) is 2.98. The minimum absolute atomic E-state index is 0.0681. The molecule has 9 heteroatoms. The second-order valence-corrected chi connectivity index (χ2v) is 9.50. The Bertz CT molecular complexity index is 991. The van der Waals surface area contributed by atoms with Crippen LogP contribution in [0.4, 0.5) is 4.39 Å². The van der Waals surface area contributed by atoms with Gasteiger partial charge in [-0.1, -0.05) is 12.1 Å². The molecule has 3 rings (SSSR count). The number of aromatic nitrogens is 2. The van der Waals surface area contributed by atoms with Crippen LogP contribution in [0.2, 0.25) is 0 Å². The molecule has 0 unspecified atom stereocenters. The monoisotopic (exact) mass is 422 g/mol. The Morgan fingerprint density at radius 1 is 1.10 bits per heavy atom. The number of halogens is 1.